The number of benzene rings is 2. The van der Waals surface area contributed by atoms with Crippen molar-refractivity contribution in [2.75, 3.05) is 5.43 Å². The molecule has 4 heteroatoms. The first kappa shape index (κ1) is 12.2. The van der Waals surface area contributed by atoms with Crippen LogP contribution in [0.5, 0.6) is 5.75 Å². The fourth-order valence-electron chi connectivity index (χ4n) is 1.91. The number of pyridine rings is 1. The van der Waals surface area contributed by atoms with E-state index >= 15 is 0 Å². The van der Waals surface area contributed by atoms with Crippen LogP contribution in [0.25, 0.3) is 10.9 Å². The highest BCUT2D eigenvalue weighted by molar-refractivity contribution is 5.82. The Labute approximate surface area is 116 Å². The van der Waals surface area contributed by atoms with Crippen LogP contribution >= 0.6 is 0 Å². The van der Waals surface area contributed by atoms with Crippen molar-refractivity contribution in [3.8, 4) is 5.75 Å². The highest BCUT2D eigenvalue weighted by atomic mass is 16.3. The van der Waals surface area contributed by atoms with Gasteiger partial charge in [-0.05, 0) is 35.9 Å². The molecule has 0 amide bonds. The van der Waals surface area contributed by atoms with Crippen molar-refractivity contribution in [3.63, 3.8) is 0 Å². The lowest BCUT2D eigenvalue weighted by Gasteiger charge is -2.01. The SMILES string of the molecule is Oc1cccc(/C=N/Nc2ccc3ccccc3n2)c1. The third kappa shape index (κ3) is 2.75. The van der Waals surface area contributed by atoms with E-state index < -0.39 is 0 Å². The number of hydrogen-bond donors (Lipinski definition) is 2. The van der Waals surface area contributed by atoms with Gasteiger partial charge in [0, 0.05) is 5.39 Å². The van der Waals surface area contributed by atoms with Gasteiger partial charge in [-0.25, -0.2) is 4.98 Å². The van der Waals surface area contributed by atoms with Crippen LogP contribution in [0.4, 0.5) is 5.82 Å². The molecule has 0 radical (unpaired) electrons. The van der Waals surface area contributed by atoms with Gasteiger partial charge in [0.1, 0.15) is 11.6 Å². The van der Waals surface area contributed by atoms with E-state index in [1.807, 2.05) is 42.5 Å². The highest BCUT2D eigenvalue weighted by Crippen LogP contribution is 2.14. The van der Waals surface area contributed by atoms with Crippen LogP contribution in [-0.2, 0) is 0 Å². The first-order chi connectivity index (χ1) is 9.81. The maximum Gasteiger partial charge on any atom is 0.146 e. The second-order valence-corrected chi connectivity index (χ2v) is 4.35. The fraction of sp³-hybridized carbons (Fsp3) is 0. The van der Waals surface area contributed by atoms with Gasteiger partial charge < -0.3 is 5.11 Å². The predicted molar refractivity (Wildman–Crippen MR) is 81.1 cm³/mol. The molecule has 0 fully saturated rings. The first-order valence-corrected chi connectivity index (χ1v) is 6.25. The molecule has 20 heavy (non-hydrogen) atoms. The molecule has 1 heterocycles. The normalized spacial score (nSPS) is 11.0. The third-order valence-corrected chi connectivity index (χ3v) is 2.86. The number of aromatic nitrogens is 1. The quantitative estimate of drug-likeness (QED) is 0.562. The van der Waals surface area contributed by atoms with E-state index in [0.717, 1.165) is 16.5 Å². The van der Waals surface area contributed by atoms with Gasteiger partial charge in [0.15, 0.2) is 0 Å². The van der Waals surface area contributed by atoms with Crippen LogP contribution in [0, 0.1) is 0 Å². The summed E-state index contributed by atoms with van der Waals surface area (Å²) in [5, 5.41) is 14.6. The van der Waals surface area contributed by atoms with E-state index in [0.29, 0.717) is 5.82 Å². The molecule has 2 aromatic carbocycles. The molecule has 4 nitrogen and oxygen atoms in total. The molecule has 0 spiro atoms. The summed E-state index contributed by atoms with van der Waals surface area (Å²) < 4.78 is 0. The van der Waals surface area contributed by atoms with Gasteiger partial charge >= 0.3 is 0 Å². The van der Waals surface area contributed by atoms with E-state index in [1.165, 1.54) is 0 Å². The number of fused-ring (bicyclic) bond motifs is 1. The Hall–Kier alpha value is -2.88. The lowest BCUT2D eigenvalue weighted by Crippen LogP contribution is -1.93. The molecule has 0 unspecified atom stereocenters. The first-order valence-electron chi connectivity index (χ1n) is 6.25. The maximum atomic E-state index is 9.35. The second-order valence-electron chi connectivity index (χ2n) is 4.35. The van der Waals surface area contributed by atoms with Crippen LogP contribution in [0.2, 0.25) is 0 Å². The van der Waals surface area contributed by atoms with Gasteiger partial charge in [-0.1, -0.05) is 30.3 Å². The molecule has 0 aliphatic heterocycles. The van der Waals surface area contributed by atoms with E-state index in [9.17, 15) is 5.11 Å². The zero-order chi connectivity index (χ0) is 13.8. The molecule has 3 rings (SSSR count). The molecule has 98 valence electrons. The zero-order valence-corrected chi connectivity index (χ0v) is 10.7. The molecule has 0 saturated heterocycles. The number of phenols is 1. The molecule has 0 aliphatic carbocycles. The second kappa shape index (κ2) is 5.40. The highest BCUT2D eigenvalue weighted by Gasteiger charge is 1.96. The fourth-order valence-corrected chi connectivity index (χ4v) is 1.91. The molecule has 0 aliphatic rings. The molecule has 2 N–H and O–H groups in total. The van der Waals surface area contributed by atoms with Gasteiger partial charge in [-0.3, -0.25) is 5.43 Å². The minimum absolute atomic E-state index is 0.220. The van der Waals surface area contributed by atoms with Crippen molar-refractivity contribution in [1.29, 1.82) is 0 Å². The summed E-state index contributed by atoms with van der Waals surface area (Å²) in [5.74, 6) is 0.901. The lowest BCUT2D eigenvalue weighted by molar-refractivity contribution is 0.475. The predicted octanol–water partition coefficient (Wildman–Crippen LogP) is 3.39. The van der Waals surface area contributed by atoms with Crippen molar-refractivity contribution in [2.24, 2.45) is 5.10 Å². The molecule has 0 saturated carbocycles. The Morgan fingerprint density at radius 1 is 1.00 bits per heavy atom. The number of hydrogen-bond acceptors (Lipinski definition) is 4. The Morgan fingerprint density at radius 3 is 2.80 bits per heavy atom. The Bertz CT molecular complexity index is 768. The van der Waals surface area contributed by atoms with Gasteiger partial charge in [0.25, 0.3) is 0 Å². The number of anilines is 1. The molecular weight excluding hydrogens is 250 g/mol. The van der Waals surface area contributed by atoms with Crippen LogP contribution in [-0.4, -0.2) is 16.3 Å². The number of nitrogens with one attached hydrogen (secondary N) is 1. The summed E-state index contributed by atoms with van der Waals surface area (Å²) in [6.45, 7) is 0. The number of phenolic OH excluding ortho intramolecular Hbond substituents is 1. The van der Waals surface area contributed by atoms with E-state index in [-0.39, 0.29) is 5.75 Å². The van der Waals surface area contributed by atoms with E-state index in [4.69, 9.17) is 0 Å². The summed E-state index contributed by atoms with van der Waals surface area (Å²) >= 11 is 0. The van der Waals surface area contributed by atoms with E-state index in [2.05, 4.69) is 15.5 Å². The summed E-state index contributed by atoms with van der Waals surface area (Å²) in [4.78, 5) is 4.45. The molecular formula is C16H13N3O. The van der Waals surface area contributed by atoms with Crippen molar-refractivity contribution in [3.05, 3.63) is 66.2 Å². The minimum Gasteiger partial charge on any atom is -0.508 e. The van der Waals surface area contributed by atoms with Crippen molar-refractivity contribution < 1.29 is 5.11 Å². The van der Waals surface area contributed by atoms with Crippen LogP contribution in [0.15, 0.2) is 65.8 Å². The third-order valence-electron chi connectivity index (χ3n) is 2.86. The summed E-state index contributed by atoms with van der Waals surface area (Å²) in [7, 11) is 0. The van der Waals surface area contributed by atoms with Gasteiger partial charge in [-0.2, -0.15) is 5.10 Å². The van der Waals surface area contributed by atoms with Crippen LogP contribution in [0.1, 0.15) is 5.56 Å². The van der Waals surface area contributed by atoms with Gasteiger partial charge in [0.05, 0.1) is 11.7 Å². The van der Waals surface area contributed by atoms with Crippen LogP contribution < -0.4 is 5.43 Å². The molecule has 3 aromatic rings. The number of aromatic hydroxyl groups is 1. The Morgan fingerprint density at radius 2 is 1.90 bits per heavy atom. The topological polar surface area (TPSA) is 57.5 Å². The van der Waals surface area contributed by atoms with Crippen molar-refractivity contribution >= 4 is 22.9 Å². The Kier molecular flexibility index (Phi) is 3.29. The summed E-state index contributed by atoms with van der Waals surface area (Å²) in [5.41, 5.74) is 4.62. The summed E-state index contributed by atoms with van der Waals surface area (Å²) in [6.07, 6.45) is 1.64. The average molecular weight is 263 g/mol. The lowest BCUT2D eigenvalue weighted by atomic mass is 10.2. The molecule has 0 atom stereocenters. The van der Waals surface area contributed by atoms with Gasteiger partial charge in [-0.15, -0.1) is 0 Å². The van der Waals surface area contributed by atoms with Crippen LogP contribution in [0.3, 0.4) is 0 Å². The molecule has 0 bridgehead atoms. The average Bonchev–Trinajstić information content (AvgIpc) is 2.47. The van der Waals surface area contributed by atoms with Crippen molar-refractivity contribution in [1.82, 2.24) is 4.98 Å². The number of hydrazone groups is 1. The summed E-state index contributed by atoms with van der Waals surface area (Å²) in [6, 6.07) is 18.7. The number of nitrogens with zero attached hydrogens (tertiary/aromatic N) is 2. The van der Waals surface area contributed by atoms with Gasteiger partial charge in [0.2, 0.25) is 0 Å². The number of rotatable bonds is 3. The Balaban J connectivity index is 1.76. The van der Waals surface area contributed by atoms with Crippen molar-refractivity contribution in [2.45, 2.75) is 0 Å². The monoisotopic (exact) mass is 263 g/mol. The largest absolute Gasteiger partial charge is 0.508 e. The smallest absolute Gasteiger partial charge is 0.146 e. The maximum absolute atomic E-state index is 9.35. The standard InChI is InChI=1S/C16H13N3O/c20-14-6-3-4-12(10-14)11-17-19-16-9-8-13-5-1-2-7-15(13)18-16/h1-11,20H,(H,18,19)/b17-11+. The minimum atomic E-state index is 0.220. The zero-order valence-electron chi connectivity index (χ0n) is 10.7. The molecule has 1 aromatic heterocycles. The van der Waals surface area contributed by atoms with E-state index in [1.54, 1.807) is 24.4 Å². The number of para-hydroxylation sites is 1.